The summed E-state index contributed by atoms with van der Waals surface area (Å²) >= 11 is 2.74. The third-order valence-electron chi connectivity index (χ3n) is 4.90. The highest BCUT2D eigenvalue weighted by molar-refractivity contribution is 7.96. The van der Waals surface area contributed by atoms with Gasteiger partial charge in [0, 0.05) is 32.2 Å². The zero-order chi connectivity index (χ0) is 23.3. The zero-order valence-corrected chi connectivity index (χ0v) is 19.2. The lowest BCUT2D eigenvalue weighted by molar-refractivity contribution is -0.274. The lowest BCUT2D eigenvalue weighted by Gasteiger charge is -2.30. The number of thiazole rings is 1. The smallest absolute Gasteiger partial charge is 0.406 e. The zero-order valence-electron chi connectivity index (χ0n) is 17.6. The molecule has 0 aliphatic carbocycles. The number of piperidine rings is 1. The van der Waals surface area contributed by atoms with Crippen molar-refractivity contribution in [3.63, 3.8) is 0 Å². The van der Waals surface area contributed by atoms with Gasteiger partial charge in [-0.3, -0.25) is 13.9 Å². The number of alkyl halides is 3. The summed E-state index contributed by atoms with van der Waals surface area (Å²) in [5.41, 5.74) is 0.431. The average molecular weight is 492 g/mol. The van der Waals surface area contributed by atoms with E-state index in [0.29, 0.717) is 10.2 Å². The number of hydrogen-bond acceptors (Lipinski definition) is 8. The molecule has 32 heavy (non-hydrogen) atoms. The van der Waals surface area contributed by atoms with E-state index in [-0.39, 0.29) is 35.9 Å². The number of carbonyl (C=O) groups is 2. The van der Waals surface area contributed by atoms with Gasteiger partial charge < -0.3 is 20.3 Å². The Morgan fingerprint density at radius 3 is 2.72 bits per heavy atom. The van der Waals surface area contributed by atoms with Gasteiger partial charge in [-0.15, -0.1) is 13.2 Å². The third kappa shape index (κ3) is 7.22. The first-order valence-corrected chi connectivity index (χ1v) is 11.9. The van der Waals surface area contributed by atoms with E-state index in [1.807, 2.05) is 6.26 Å². The maximum absolute atomic E-state index is 12.4. The molecule has 2 amide bonds. The van der Waals surface area contributed by atoms with E-state index >= 15 is 0 Å². The number of halogens is 3. The van der Waals surface area contributed by atoms with Crippen molar-refractivity contribution in [1.29, 1.82) is 0 Å². The molecule has 0 radical (unpaired) electrons. The topological polar surface area (TPSA) is 86.8 Å². The summed E-state index contributed by atoms with van der Waals surface area (Å²) in [6.45, 7) is 1.93. The summed E-state index contributed by atoms with van der Waals surface area (Å²) in [6.07, 6.45) is -0.810. The summed E-state index contributed by atoms with van der Waals surface area (Å²) in [7, 11) is 1.54. The van der Waals surface area contributed by atoms with Crippen LogP contribution in [0.15, 0.2) is 18.2 Å². The van der Waals surface area contributed by atoms with Crippen LogP contribution in [0.25, 0.3) is 10.2 Å². The Bertz CT molecular complexity index is 948. The minimum absolute atomic E-state index is 0.150. The van der Waals surface area contributed by atoms with Crippen LogP contribution in [0, 0.1) is 0 Å². The van der Waals surface area contributed by atoms with E-state index in [9.17, 15) is 22.8 Å². The molecule has 13 heteroatoms. The minimum atomic E-state index is -4.78. The Morgan fingerprint density at radius 2 is 2.06 bits per heavy atom. The van der Waals surface area contributed by atoms with Crippen LogP contribution in [-0.4, -0.2) is 77.9 Å². The van der Waals surface area contributed by atoms with Crippen LogP contribution in [0.4, 0.5) is 18.3 Å². The molecule has 176 valence electrons. The van der Waals surface area contributed by atoms with Crippen molar-refractivity contribution in [2.75, 3.05) is 44.8 Å². The fraction of sp³-hybridized carbons (Fsp3) is 0.526. The normalized spacial score (nSPS) is 15.7. The molecule has 1 aliphatic heterocycles. The molecule has 2 N–H and O–H groups in total. The van der Waals surface area contributed by atoms with Crippen molar-refractivity contribution < 1.29 is 27.5 Å². The van der Waals surface area contributed by atoms with Crippen LogP contribution in [0.2, 0.25) is 0 Å². The molecule has 3 rings (SSSR count). The Labute approximate surface area is 191 Å². The summed E-state index contributed by atoms with van der Waals surface area (Å²) in [6, 6.07) is 4.03. The van der Waals surface area contributed by atoms with Gasteiger partial charge in [0.25, 0.3) is 0 Å². The molecule has 8 nitrogen and oxygen atoms in total. The van der Waals surface area contributed by atoms with Gasteiger partial charge in [0.15, 0.2) is 5.13 Å². The Morgan fingerprint density at radius 1 is 1.34 bits per heavy atom. The Hall–Kier alpha value is -2.09. The maximum Gasteiger partial charge on any atom is 0.573 e. The predicted molar refractivity (Wildman–Crippen MR) is 119 cm³/mol. The first kappa shape index (κ1) is 24.6. The third-order valence-corrected chi connectivity index (χ3v) is 6.72. The number of likely N-dealkylation sites (N-methyl/N-ethyl adjacent to an activating group) is 1. The number of carbonyl (C=O) groups excluding carboxylic acids is 2. The van der Waals surface area contributed by atoms with Crippen LogP contribution in [0.3, 0.4) is 0 Å². The molecule has 1 aromatic carbocycles. The molecule has 1 aliphatic rings. The summed E-state index contributed by atoms with van der Waals surface area (Å²) in [5.74, 6) is -1.01. The van der Waals surface area contributed by atoms with Crippen LogP contribution in [0.1, 0.15) is 12.8 Å². The maximum atomic E-state index is 12.4. The predicted octanol–water partition coefficient (Wildman–Crippen LogP) is 2.92. The molecular formula is C19H24F3N5O3S2. The number of nitrogens with zero attached hydrogens (tertiary/aromatic N) is 3. The van der Waals surface area contributed by atoms with Crippen LogP contribution in [-0.2, 0) is 9.59 Å². The van der Waals surface area contributed by atoms with Crippen molar-refractivity contribution in [3.05, 3.63) is 18.2 Å². The van der Waals surface area contributed by atoms with Crippen molar-refractivity contribution in [2.24, 2.45) is 0 Å². The fourth-order valence-electron chi connectivity index (χ4n) is 3.23. The summed E-state index contributed by atoms with van der Waals surface area (Å²) in [4.78, 5) is 30.1. The van der Waals surface area contributed by atoms with Gasteiger partial charge in [-0.1, -0.05) is 23.3 Å². The van der Waals surface area contributed by atoms with Crippen molar-refractivity contribution in [1.82, 2.24) is 19.5 Å². The van der Waals surface area contributed by atoms with Crippen LogP contribution in [0.5, 0.6) is 5.75 Å². The number of benzene rings is 1. The quantitative estimate of drug-likeness (QED) is 0.549. The number of fused-ring (bicyclic) bond motifs is 1. The van der Waals surface area contributed by atoms with Gasteiger partial charge in [-0.2, -0.15) is 0 Å². The molecule has 2 heterocycles. The molecule has 0 saturated carbocycles. The second kappa shape index (κ2) is 10.7. The second-order valence-corrected chi connectivity index (χ2v) is 9.17. The van der Waals surface area contributed by atoms with Gasteiger partial charge in [0.2, 0.25) is 11.8 Å². The van der Waals surface area contributed by atoms with Gasteiger partial charge in [0.05, 0.1) is 23.3 Å². The minimum Gasteiger partial charge on any atom is -0.406 e. The van der Waals surface area contributed by atoms with Gasteiger partial charge in [0.1, 0.15) is 5.75 Å². The summed E-state index contributed by atoms with van der Waals surface area (Å²) in [5, 5.41) is 6.06. The number of aromatic nitrogens is 1. The fourth-order valence-corrected chi connectivity index (χ4v) is 4.71. The molecule has 0 atom stereocenters. The Balaban J connectivity index is 1.47. The molecule has 1 fully saturated rings. The number of anilines is 1. The first-order valence-electron chi connectivity index (χ1n) is 9.85. The molecule has 1 aromatic heterocycles. The van der Waals surface area contributed by atoms with E-state index < -0.39 is 12.3 Å². The molecule has 0 unspecified atom stereocenters. The van der Waals surface area contributed by atoms with E-state index in [0.717, 1.165) is 43.3 Å². The standard InChI is InChI=1S/C19H24F3N5O3S2/c1-26(17(29)10-23-12-5-7-27(31-2)8-6-12)11-16(28)25-18-24-14-4-3-13(9-15(14)32-18)30-19(20,21)22/h3-4,9,12,23H,5-8,10-11H2,1-2H3,(H,24,25,28). The van der Waals surface area contributed by atoms with Gasteiger partial charge in [-0.25, -0.2) is 4.98 Å². The van der Waals surface area contributed by atoms with Crippen molar-refractivity contribution in [3.8, 4) is 5.75 Å². The van der Waals surface area contributed by atoms with Gasteiger partial charge >= 0.3 is 6.36 Å². The molecule has 1 saturated heterocycles. The highest BCUT2D eigenvalue weighted by atomic mass is 32.2. The largest absolute Gasteiger partial charge is 0.573 e. The molecule has 2 aromatic rings. The van der Waals surface area contributed by atoms with Crippen LogP contribution < -0.4 is 15.4 Å². The molecule has 0 bridgehead atoms. The van der Waals surface area contributed by atoms with Gasteiger partial charge in [-0.05, 0) is 31.2 Å². The second-order valence-electron chi connectivity index (χ2n) is 7.26. The van der Waals surface area contributed by atoms with E-state index in [1.54, 1.807) is 19.0 Å². The van der Waals surface area contributed by atoms with Crippen molar-refractivity contribution >= 4 is 50.4 Å². The number of rotatable bonds is 8. The Kier molecular flexibility index (Phi) is 8.20. The number of amides is 2. The average Bonchev–Trinajstić information content (AvgIpc) is 3.12. The van der Waals surface area contributed by atoms with Crippen molar-refractivity contribution in [2.45, 2.75) is 25.2 Å². The summed E-state index contributed by atoms with van der Waals surface area (Å²) < 4.78 is 43.7. The first-order chi connectivity index (χ1) is 15.1. The highest BCUT2D eigenvalue weighted by Crippen LogP contribution is 2.31. The van der Waals surface area contributed by atoms with Crippen LogP contribution >= 0.6 is 23.3 Å². The lowest BCUT2D eigenvalue weighted by Crippen LogP contribution is -2.45. The molecule has 0 spiro atoms. The van der Waals surface area contributed by atoms with E-state index in [2.05, 4.69) is 24.7 Å². The number of nitrogens with one attached hydrogen (secondary N) is 2. The highest BCUT2D eigenvalue weighted by Gasteiger charge is 2.31. The number of hydrogen-bond donors (Lipinski definition) is 2. The number of ether oxygens (including phenoxy) is 1. The van der Waals surface area contributed by atoms with E-state index in [1.165, 1.54) is 17.0 Å². The SMILES string of the molecule is CSN1CCC(NCC(=O)N(C)CC(=O)Nc2nc3ccc(OC(F)(F)F)cc3s2)CC1. The van der Waals surface area contributed by atoms with E-state index in [4.69, 9.17) is 0 Å². The molecular weight excluding hydrogens is 467 g/mol. The lowest BCUT2D eigenvalue weighted by atomic mass is 10.1. The monoisotopic (exact) mass is 491 g/mol.